The predicted molar refractivity (Wildman–Crippen MR) is 104 cm³/mol. The summed E-state index contributed by atoms with van der Waals surface area (Å²) < 4.78 is 5.47. The highest BCUT2D eigenvalue weighted by molar-refractivity contribution is 7.20. The number of hydrogen-bond donors (Lipinski definition) is 0. The Morgan fingerprint density at radius 2 is 1.89 bits per heavy atom. The highest BCUT2D eigenvalue weighted by Gasteiger charge is 2.28. The van der Waals surface area contributed by atoms with Gasteiger partial charge < -0.3 is 14.5 Å². The number of rotatable bonds is 2. The summed E-state index contributed by atoms with van der Waals surface area (Å²) in [6.07, 6.45) is 1.51. The van der Waals surface area contributed by atoms with Crippen molar-refractivity contribution < 1.29 is 9.53 Å². The van der Waals surface area contributed by atoms with E-state index in [2.05, 4.69) is 16.0 Å². The minimum Gasteiger partial charge on any atom is -0.378 e. The van der Waals surface area contributed by atoms with Crippen LogP contribution in [0, 0.1) is 31.1 Å². The van der Waals surface area contributed by atoms with Crippen LogP contribution in [0.25, 0.3) is 10.2 Å². The Kier molecular flexibility index (Phi) is 4.98. The van der Waals surface area contributed by atoms with Crippen molar-refractivity contribution >= 4 is 33.3 Å². The second-order valence-corrected chi connectivity index (χ2v) is 8.12. The third kappa shape index (κ3) is 3.37. The van der Waals surface area contributed by atoms with Crippen LogP contribution in [0.15, 0.2) is 0 Å². The number of carbonyl (C=O) groups is 1. The lowest BCUT2D eigenvalue weighted by Gasteiger charge is -2.29. The molecule has 2 aromatic rings. The van der Waals surface area contributed by atoms with Gasteiger partial charge in [0.1, 0.15) is 16.5 Å². The molecule has 0 aliphatic carbocycles. The minimum atomic E-state index is 0.0532. The Morgan fingerprint density at radius 1 is 1.19 bits per heavy atom. The number of fused-ring (bicyclic) bond motifs is 1. The molecular weight excluding hydrogens is 362 g/mol. The maximum atomic E-state index is 13.1. The maximum absolute atomic E-state index is 13.1. The first-order valence-electron chi connectivity index (χ1n) is 9.38. The first kappa shape index (κ1) is 18.1. The number of aryl methyl sites for hydroxylation is 2. The normalized spacial score (nSPS) is 18.7. The number of ether oxygens (including phenoxy) is 1. The van der Waals surface area contributed by atoms with Crippen LogP contribution >= 0.6 is 11.3 Å². The van der Waals surface area contributed by atoms with Gasteiger partial charge in [-0.2, -0.15) is 5.26 Å². The molecule has 2 saturated heterocycles. The number of hydrogen-bond acceptors (Lipinski definition) is 7. The monoisotopic (exact) mass is 385 g/mol. The van der Waals surface area contributed by atoms with Gasteiger partial charge in [-0.25, -0.2) is 9.97 Å². The lowest BCUT2D eigenvalue weighted by molar-refractivity contribution is 0.0711. The first-order valence-corrected chi connectivity index (χ1v) is 10.2. The van der Waals surface area contributed by atoms with Gasteiger partial charge in [-0.15, -0.1) is 11.3 Å². The zero-order chi connectivity index (χ0) is 19.0. The van der Waals surface area contributed by atoms with Crippen LogP contribution in [-0.4, -0.2) is 60.2 Å². The summed E-state index contributed by atoms with van der Waals surface area (Å²) in [6, 6.07) is 2.32. The molecule has 27 heavy (non-hydrogen) atoms. The van der Waals surface area contributed by atoms with E-state index in [0.29, 0.717) is 26.3 Å². The smallest absolute Gasteiger partial charge is 0.264 e. The average molecular weight is 385 g/mol. The standard InChI is InChI=1S/C19H23N5O2S/c1-12-15-17(23-7-9-26-10-8-23)21-13(2)22-18(15)27-16(12)19(25)24-5-3-14(11-20)4-6-24/h14H,3-10H2,1-2H3. The van der Waals surface area contributed by atoms with Crippen LogP contribution in [0.3, 0.4) is 0 Å². The van der Waals surface area contributed by atoms with Crippen molar-refractivity contribution in [2.75, 3.05) is 44.3 Å². The van der Waals surface area contributed by atoms with Gasteiger partial charge in [0.15, 0.2) is 0 Å². The highest BCUT2D eigenvalue weighted by Crippen LogP contribution is 2.36. The van der Waals surface area contributed by atoms with Gasteiger partial charge in [0.2, 0.25) is 0 Å². The summed E-state index contributed by atoms with van der Waals surface area (Å²) in [5, 5.41) is 10.1. The van der Waals surface area contributed by atoms with Crippen molar-refractivity contribution in [3.8, 4) is 6.07 Å². The Labute approximate surface area is 162 Å². The molecule has 2 aliphatic rings. The van der Waals surface area contributed by atoms with E-state index in [1.807, 2.05) is 18.7 Å². The van der Waals surface area contributed by atoms with Crippen LogP contribution in [0.5, 0.6) is 0 Å². The maximum Gasteiger partial charge on any atom is 0.264 e. The van der Waals surface area contributed by atoms with E-state index in [1.54, 1.807) is 0 Å². The number of aromatic nitrogens is 2. The van der Waals surface area contributed by atoms with Crippen molar-refractivity contribution in [3.05, 3.63) is 16.3 Å². The summed E-state index contributed by atoms with van der Waals surface area (Å²) in [4.78, 5) is 28.1. The molecule has 0 atom stereocenters. The highest BCUT2D eigenvalue weighted by atomic mass is 32.1. The van der Waals surface area contributed by atoms with E-state index < -0.39 is 0 Å². The van der Waals surface area contributed by atoms with Crippen LogP contribution in [0.4, 0.5) is 5.82 Å². The van der Waals surface area contributed by atoms with Crippen molar-refractivity contribution in [3.63, 3.8) is 0 Å². The second-order valence-electron chi connectivity index (χ2n) is 7.13. The zero-order valence-electron chi connectivity index (χ0n) is 15.7. The van der Waals surface area contributed by atoms with E-state index in [1.165, 1.54) is 11.3 Å². The molecule has 142 valence electrons. The Hall–Kier alpha value is -2.24. The summed E-state index contributed by atoms with van der Waals surface area (Å²) in [5.41, 5.74) is 0.962. The van der Waals surface area contributed by atoms with Crippen molar-refractivity contribution in [2.24, 2.45) is 5.92 Å². The van der Waals surface area contributed by atoms with E-state index >= 15 is 0 Å². The van der Waals surface area contributed by atoms with E-state index in [-0.39, 0.29) is 11.8 Å². The lowest BCUT2D eigenvalue weighted by Crippen LogP contribution is -2.38. The van der Waals surface area contributed by atoms with Gasteiger partial charge in [0, 0.05) is 32.1 Å². The zero-order valence-corrected chi connectivity index (χ0v) is 16.5. The van der Waals surface area contributed by atoms with Crippen molar-refractivity contribution in [1.82, 2.24) is 14.9 Å². The fourth-order valence-electron chi connectivity index (χ4n) is 3.78. The third-order valence-electron chi connectivity index (χ3n) is 5.35. The number of anilines is 1. The van der Waals surface area contributed by atoms with Gasteiger partial charge in [-0.1, -0.05) is 0 Å². The number of carbonyl (C=O) groups excluding carboxylic acids is 1. The van der Waals surface area contributed by atoms with Crippen LogP contribution < -0.4 is 4.90 Å². The quantitative estimate of drug-likeness (QED) is 0.790. The molecule has 2 aromatic heterocycles. The van der Waals surface area contributed by atoms with Gasteiger partial charge >= 0.3 is 0 Å². The predicted octanol–water partition coefficient (Wildman–Crippen LogP) is 2.52. The molecule has 0 bridgehead atoms. The number of morpholine rings is 1. The largest absolute Gasteiger partial charge is 0.378 e. The molecule has 2 fully saturated rings. The fourth-order valence-corrected chi connectivity index (χ4v) is 4.97. The summed E-state index contributed by atoms with van der Waals surface area (Å²) >= 11 is 1.46. The molecule has 2 aliphatic heterocycles. The first-order chi connectivity index (χ1) is 13.1. The average Bonchev–Trinajstić information content (AvgIpc) is 3.03. The van der Waals surface area contributed by atoms with E-state index in [0.717, 1.165) is 58.2 Å². The van der Waals surface area contributed by atoms with Gasteiger partial charge in [-0.05, 0) is 32.3 Å². The van der Waals surface area contributed by atoms with Gasteiger partial charge in [0.05, 0.1) is 29.5 Å². The summed E-state index contributed by atoms with van der Waals surface area (Å²) in [7, 11) is 0. The van der Waals surface area contributed by atoms with E-state index in [4.69, 9.17) is 15.0 Å². The molecule has 0 N–H and O–H groups in total. The molecule has 0 radical (unpaired) electrons. The number of piperidine rings is 1. The third-order valence-corrected chi connectivity index (χ3v) is 6.53. The fraction of sp³-hybridized carbons (Fsp3) is 0.579. The molecule has 0 spiro atoms. The van der Waals surface area contributed by atoms with Crippen molar-refractivity contribution in [1.29, 1.82) is 5.26 Å². The molecule has 4 rings (SSSR count). The number of likely N-dealkylation sites (tertiary alicyclic amines) is 1. The number of thiophene rings is 1. The van der Waals surface area contributed by atoms with Crippen LogP contribution in [0.1, 0.15) is 33.9 Å². The number of nitrogens with zero attached hydrogens (tertiary/aromatic N) is 5. The molecule has 0 aromatic carbocycles. The number of nitriles is 1. The van der Waals surface area contributed by atoms with E-state index in [9.17, 15) is 4.79 Å². The SMILES string of the molecule is Cc1nc(N2CCOCC2)c2c(C)c(C(=O)N3CCC(C#N)CC3)sc2n1. The molecule has 4 heterocycles. The summed E-state index contributed by atoms with van der Waals surface area (Å²) in [5.74, 6) is 1.76. The number of amides is 1. The topological polar surface area (TPSA) is 82.4 Å². The van der Waals surface area contributed by atoms with Crippen molar-refractivity contribution in [2.45, 2.75) is 26.7 Å². The van der Waals surface area contributed by atoms with Crippen LogP contribution in [-0.2, 0) is 4.74 Å². The lowest BCUT2D eigenvalue weighted by atomic mass is 9.98. The molecule has 8 heteroatoms. The Balaban J connectivity index is 1.69. The van der Waals surface area contributed by atoms with Gasteiger partial charge in [0.25, 0.3) is 5.91 Å². The summed E-state index contributed by atoms with van der Waals surface area (Å²) in [6.45, 7) is 8.15. The molecular formula is C19H23N5O2S. The Morgan fingerprint density at radius 3 is 2.56 bits per heavy atom. The minimum absolute atomic E-state index is 0.0532. The van der Waals surface area contributed by atoms with Crippen LogP contribution in [0.2, 0.25) is 0 Å². The molecule has 1 amide bonds. The molecule has 0 unspecified atom stereocenters. The van der Waals surface area contributed by atoms with Gasteiger partial charge in [-0.3, -0.25) is 4.79 Å². The Bertz CT molecular complexity index is 905. The molecule has 7 nitrogen and oxygen atoms in total. The molecule has 0 saturated carbocycles. The second kappa shape index (κ2) is 7.41.